The van der Waals surface area contributed by atoms with Crippen molar-refractivity contribution < 1.29 is 29.5 Å². The van der Waals surface area contributed by atoms with Crippen LogP contribution in [0.2, 0.25) is 0 Å². The lowest BCUT2D eigenvalue weighted by Gasteiger charge is -2.10. The molecule has 0 aliphatic rings. The van der Waals surface area contributed by atoms with E-state index in [1.54, 1.807) is 36.4 Å². The number of phenolic OH excluding ortho intramolecular Hbond substituents is 2. The minimum absolute atomic E-state index is 0.0718. The van der Waals surface area contributed by atoms with Crippen molar-refractivity contribution in [2.24, 2.45) is 0 Å². The smallest absolute Gasteiger partial charge is 0.269 e. The third kappa shape index (κ3) is 9.42. The van der Waals surface area contributed by atoms with Gasteiger partial charge in [0, 0.05) is 24.3 Å². The minimum Gasteiger partial charge on any atom is -0.504 e. The van der Waals surface area contributed by atoms with Crippen LogP contribution in [0.4, 0.5) is 11.4 Å². The first-order chi connectivity index (χ1) is 23.2. The number of allylic oxidation sites excluding steroid dienone is 2. The van der Waals surface area contributed by atoms with Crippen molar-refractivity contribution in [2.75, 3.05) is 13.2 Å². The monoisotopic (exact) mass is 646 g/mol. The highest BCUT2D eigenvalue weighted by Crippen LogP contribution is 2.31. The van der Waals surface area contributed by atoms with Crippen LogP contribution in [0.15, 0.2) is 84.9 Å². The van der Waals surface area contributed by atoms with Crippen LogP contribution in [0.1, 0.15) is 47.9 Å². The van der Waals surface area contributed by atoms with E-state index in [1.807, 2.05) is 0 Å². The van der Waals surface area contributed by atoms with E-state index in [2.05, 4.69) is 12.1 Å². The number of nitro groups is 2. The first kappa shape index (κ1) is 34.2. The summed E-state index contributed by atoms with van der Waals surface area (Å²) in [4.78, 5) is 20.7. The molecule has 2 N–H and O–H groups in total. The van der Waals surface area contributed by atoms with Gasteiger partial charge < -0.3 is 19.7 Å². The molecule has 242 valence electrons. The van der Waals surface area contributed by atoms with Gasteiger partial charge in [-0.05, 0) is 109 Å². The lowest BCUT2D eigenvalue weighted by Crippen LogP contribution is -2.00. The molecule has 0 aromatic heterocycles. The Balaban J connectivity index is 1.19. The molecule has 0 heterocycles. The molecule has 0 bridgehead atoms. The van der Waals surface area contributed by atoms with Gasteiger partial charge in [0.05, 0.1) is 46.3 Å². The van der Waals surface area contributed by atoms with Gasteiger partial charge in [-0.2, -0.15) is 10.5 Å². The van der Waals surface area contributed by atoms with Crippen molar-refractivity contribution in [1.29, 1.82) is 10.5 Å². The number of rotatable bonds is 15. The normalized spacial score (nSPS) is 11.3. The lowest BCUT2D eigenvalue weighted by molar-refractivity contribution is -0.385. The van der Waals surface area contributed by atoms with Gasteiger partial charge in [-0.1, -0.05) is 12.1 Å². The first-order valence-electron chi connectivity index (χ1n) is 14.8. The van der Waals surface area contributed by atoms with Crippen LogP contribution in [0.25, 0.3) is 23.3 Å². The Morgan fingerprint density at radius 1 is 0.625 bits per heavy atom. The van der Waals surface area contributed by atoms with E-state index < -0.39 is 9.85 Å². The van der Waals surface area contributed by atoms with E-state index in [0.29, 0.717) is 47.0 Å². The predicted molar refractivity (Wildman–Crippen MR) is 179 cm³/mol. The average Bonchev–Trinajstić information content (AvgIpc) is 3.08. The van der Waals surface area contributed by atoms with Crippen LogP contribution in [0.3, 0.4) is 0 Å². The van der Waals surface area contributed by atoms with E-state index in [0.717, 1.165) is 25.7 Å². The van der Waals surface area contributed by atoms with Gasteiger partial charge in [0.2, 0.25) is 0 Å². The number of hydrogen-bond donors (Lipinski definition) is 2. The standard InChI is InChI=1S/C36H30N4O8/c37-23-29(27-7-11-31(12-8-27)39(43)44)19-25-5-15-35(33(41)21-25)47-17-3-1-2-4-18-48-36-16-6-26(22-34(36)42)20-30(24-38)28-9-13-32(14-10-28)40(45)46/h5-16,19-22,41-42H,1-4,17-18H2/b29-19+,30-20+. The quantitative estimate of drug-likeness (QED) is 0.0419. The second-order valence-electron chi connectivity index (χ2n) is 10.5. The maximum atomic E-state index is 10.9. The van der Waals surface area contributed by atoms with Gasteiger partial charge in [0.15, 0.2) is 23.0 Å². The Morgan fingerprint density at radius 2 is 1.00 bits per heavy atom. The SMILES string of the molecule is N#C/C(=C\c1ccc(OCCCCCCOc2ccc(/C=C(\C#N)c3ccc([N+](=O)[O-])cc3)cc2O)c(O)c1)c1ccc([N+](=O)[O-])cc1. The Hall–Kier alpha value is -6.66. The number of nitriles is 2. The van der Waals surface area contributed by atoms with Crippen molar-refractivity contribution in [3.05, 3.63) is 127 Å². The minimum atomic E-state index is -0.511. The van der Waals surface area contributed by atoms with E-state index >= 15 is 0 Å². The summed E-state index contributed by atoms with van der Waals surface area (Å²) in [6.07, 6.45) is 6.33. The number of phenols is 2. The number of benzene rings is 4. The summed E-state index contributed by atoms with van der Waals surface area (Å²) >= 11 is 0. The topological polar surface area (TPSA) is 193 Å². The third-order valence-electron chi connectivity index (χ3n) is 7.16. The van der Waals surface area contributed by atoms with Gasteiger partial charge in [-0.25, -0.2) is 0 Å². The molecular formula is C36H30N4O8. The highest BCUT2D eigenvalue weighted by Gasteiger charge is 2.10. The van der Waals surface area contributed by atoms with Gasteiger partial charge in [0.25, 0.3) is 11.4 Å². The largest absolute Gasteiger partial charge is 0.504 e. The summed E-state index contributed by atoms with van der Waals surface area (Å²) in [5.74, 6) is 0.477. The summed E-state index contributed by atoms with van der Waals surface area (Å²) in [7, 11) is 0. The molecule has 0 spiro atoms. The molecule has 0 saturated heterocycles. The van der Waals surface area contributed by atoms with Gasteiger partial charge >= 0.3 is 0 Å². The average molecular weight is 647 g/mol. The molecule has 4 aromatic rings. The van der Waals surface area contributed by atoms with Crippen molar-refractivity contribution >= 4 is 34.7 Å². The Kier molecular flexibility index (Phi) is 11.8. The molecule has 0 fully saturated rings. The molecule has 0 atom stereocenters. The zero-order valence-corrected chi connectivity index (χ0v) is 25.6. The number of ether oxygens (including phenoxy) is 2. The number of hydrogen-bond acceptors (Lipinski definition) is 10. The second kappa shape index (κ2) is 16.6. The van der Waals surface area contributed by atoms with Crippen molar-refractivity contribution in [3.63, 3.8) is 0 Å². The van der Waals surface area contributed by atoms with Crippen LogP contribution < -0.4 is 9.47 Å². The molecule has 12 nitrogen and oxygen atoms in total. The van der Waals surface area contributed by atoms with Crippen molar-refractivity contribution in [1.82, 2.24) is 0 Å². The van der Waals surface area contributed by atoms with Crippen molar-refractivity contribution in [3.8, 4) is 35.1 Å². The molecule has 4 rings (SSSR count). The molecule has 12 heteroatoms. The number of non-ortho nitro benzene ring substituents is 2. The maximum absolute atomic E-state index is 10.9. The molecule has 0 aliphatic carbocycles. The Morgan fingerprint density at radius 3 is 1.31 bits per heavy atom. The molecule has 0 amide bonds. The Bertz CT molecular complexity index is 1780. The third-order valence-corrected chi connectivity index (χ3v) is 7.16. The van der Waals surface area contributed by atoms with Gasteiger partial charge in [0.1, 0.15) is 0 Å². The summed E-state index contributed by atoms with van der Waals surface area (Å²) < 4.78 is 11.4. The summed E-state index contributed by atoms with van der Waals surface area (Å²) in [6, 6.07) is 25.0. The van der Waals surface area contributed by atoms with Crippen LogP contribution >= 0.6 is 0 Å². The molecule has 0 radical (unpaired) electrons. The number of nitro benzene ring substituents is 2. The number of unbranched alkanes of at least 4 members (excludes halogenated alkanes) is 3. The fourth-order valence-electron chi connectivity index (χ4n) is 4.63. The number of nitrogens with zero attached hydrogens (tertiary/aromatic N) is 4. The highest BCUT2D eigenvalue weighted by molar-refractivity contribution is 5.90. The highest BCUT2D eigenvalue weighted by atomic mass is 16.6. The summed E-state index contributed by atoms with van der Waals surface area (Å²) in [5.41, 5.74) is 2.61. The lowest BCUT2D eigenvalue weighted by atomic mass is 10.0. The number of aromatic hydroxyl groups is 2. The summed E-state index contributed by atoms with van der Waals surface area (Å²) in [6.45, 7) is 0.770. The summed E-state index contributed by atoms with van der Waals surface area (Å²) in [5, 5.41) is 61.6. The van der Waals surface area contributed by atoms with E-state index in [1.165, 1.54) is 60.7 Å². The van der Waals surface area contributed by atoms with Crippen LogP contribution in [0.5, 0.6) is 23.0 Å². The van der Waals surface area contributed by atoms with Crippen LogP contribution in [0, 0.1) is 42.9 Å². The van der Waals surface area contributed by atoms with Crippen molar-refractivity contribution in [2.45, 2.75) is 25.7 Å². The van der Waals surface area contributed by atoms with E-state index in [4.69, 9.17) is 9.47 Å². The second-order valence-corrected chi connectivity index (χ2v) is 10.5. The zero-order chi connectivity index (χ0) is 34.5. The Labute approximate surface area is 276 Å². The fourth-order valence-corrected chi connectivity index (χ4v) is 4.63. The fraction of sp³-hybridized carbons (Fsp3) is 0.167. The molecule has 48 heavy (non-hydrogen) atoms. The molecule has 0 aliphatic heterocycles. The molecular weight excluding hydrogens is 616 g/mol. The maximum Gasteiger partial charge on any atom is 0.269 e. The first-order valence-corrected chi connectivity index (χ1v) is 14.8. The van der Waals surface area contributed by atoms with E-state index in [-0.39, 0.29) is 34.0 Å². The van der Waals surface area contributed by atoms with Crippen LogP contribution in [-0.2, 0) is 0 Å². The van der Waals surface area contributed by atoms with Gasteiger partial charge in [-0.3, -0.25) is 20.2 Å². The molecule has 0 unspecified atom stereocenters. The molecule has 0 saturated carbocycles. The van der Waals surface area contributed by atoms with Crippen LogP contribution in [-0.4, -0.2) is 33.3 Å². The van der Waals surface area contributed by atoms with Gasteiger partial charge in [-0.15, -0.1) is 0 Å². The molecule has 4 aromatic carbocycles. The van der Waals surface area contributed by atoms with E-state index in [9.17, 15) is 41.0 Å². The zero-order valence-electron chi connectivity index (χ0n) is 25.6. The predicted octanol–water partition coefficient (Wildman–Crippen LogP) is 8.06.